The van der Waals surface area contributed by atoms with E-state index in [1.54, 1.807) is 26.0 Å². The van der Waals surface area contributed by atoms with E-state index >= 15 is 0 Å². The van der Waals surface area contributed by atoms with Gasteiger partial charge >= 0.3 is 16.1 Å². The molecule has 33 heavy (non-hydrogen) atoms. The molecule has 0 spiro atoms. The molecule has 3 aromatic rings. The number of methoxy groups -OCH3 is 1. The zero-order valence-corrected chi connectivity index (χ0v) is 20.1. The highest BCUT2D eigenvalue weighted by Crippen LogP contribution is 2.24. The van der Waals surface area contributed by atoms with E-state index in [9.17, 15) is 13.2 Å². The lowest BCUT2D eigenvalue weighted by Gasteiger charge is -2.25. The molecule has 0 radical (unpaired) electrons. The molecule has 0 bridgehead atoms. The quantitative estimate of drug-likeness (QED) is 0.348. The van der Waals surface area contributed by atoms with Crippen LogP contribution in [0.4, 0.5) is 5.69 Å². The van der Waals surface area contributed by atoms with Gasteiger partial charge in [-0.15, -0.1) is 0 Å². The molecule has 0 aromatic heterocycles. The first kappa shape index (κ1) is 24.5. The van der Waals surface area contributed by atoms with Crippen LogP contribution in [0, 0.1) is 0 Å². The molecule has 176 valence electrons. The summed E-state index contributed by atoms with van der Waals surface area (Å²) in [5, 5.41) is 5.27. The minimum absolute atomic E-state index is 0.295. The standard InChI is InChI=1S/C25H29NO6S/c1-5-31-24(27)25(2,30-3)16-18-7-11-22(12-8-18)26-17-19-6-9-21-15-23(32-33(4,28)29)13-10-20(21)14-19/h6-15,26H,5,16-17H2,1-4H3/t25-/m0/s1. The van der Waals surface area contributed by atoms with Crippen molar-refractivity contribution in [1.82, 2.24) is 0 Å². The van der Waals surface area contributed by atoms with Crippen LogP contribution in [0.1, 0.15) is 25.0 Å². The SMILES string of the molecule is CCOC(=O)[C@](C)(Cc1ccc(NCc2ccc3cc(OS(C)(=O)=O)ccc3c2)cc1)OC. The fraction of sp³-hybridized carbons (Fsp3) is 0.320. The van der Waals surface area contributed by atoms with Crippen molar-refractivity contribution in [3.05, 3.63) is 71.8 Å². The van der Waals surface area contributed by atoms with E-state index < -0.39 is 15.7 Å². The van der Waals surface area contributed by atoms with Gasteiger partial charge in [0, 0.05) is 25.8 Å². The molecule has 0 amide bonds. The van der Waals surface area contributed by atoms with E-state index in [0.29, 0.717) is 25.3 Å². The van der Waals surface area contributed by atoms with Crippen LogP contribution in [0.2, 0.25) is 0 Å². The molecule has 3 aromatic carbocycles. The second kappa shape index (κ2) is 10.2. The number of carbonyl (C=O) groups excluding carboxylic acids is 1. The largest absolute Gasteiger partial charge is 0.464 e. The van der Waals surface area contributed by atoms with Crippen LogP contribution in [-0.2, 0) is 37.4 Å². The summed E-state index contributed by atoms with van der Waals surface area (Å²) >= 11 is 0. The Balaban J connectivity index is 1.63. The molecule has 0 heterocycles. The van der Waals surface area contributed by atoms with E-state index in [1.165, 1.54) is 7.11 Å². The van der Waals surface area contributed by atoms with Crippen LogP contribution in [0.5, 0.6) is 5.75 Å². The van der Waals surface area contributed by atoms with Crippen molar-refractivity contribution in [2.24, 2.45) is 0 Å². The molecule has 3 rings (SSSR count). The Morgan fingerprint density at radius 3 is 2.24 bits per heavy atom. The number of esters is 1. The van der Waals surface area contributed by atoms with E-state index in [-0.39, 0.29) is 5.97 Å². The minimum Gasteiger partial charge on any atom is -0.464 e. The van der Waals surface area contributed by atoms with E-state index in [2.05, 4.69) is 5.32 Å². The van der Waals surface area contributed by atoms with E-state index in [4.69, 9.17) is 13.7 Å². The van der Waals surface area contributed by atoms with Crippen LogP contribution in [0.15, 0.2) is 60.7 Å². The Morgan fingerprint density at radius 2 is 1.61 bits per heavy atom. The van der Waals surface area contributed by atoms with Crippen LogP contribution in [0.25, 0.3) is 10.8 Å². The van der Waals surface area contributed by atoms with Gasteiger partial charge in [-0.1, -0.05) is 30.3 Å². The number of ether oxygens (including phenoxy) is 2. The van der Waals surface area contributed by atoms with Crippen molar-refractivity contribution in [1.29, 1.82) is 0 Å². The number of benzene rings is 3. The van der Waals surface area contributed by atoms with Crippen molar-refractivity contribution < 1.29 is 26.9 Å². The zero-order chi connectivity index (χ0) is 24.1. The fourth-order valence-corrected chi connectivity index (χ4v) is 3.91. The van der Waals surface area contributed by atoms with Crippen molar-refractivity contribution >= 4 is 32.5 Å². The second-order valence-electron chi connectivity index (χ2n) is 8.01. The maximum absolute atomic E-state index is 12.2. The lowest BCUT2D eigenvalue weighted by molar-refractivity contribution is -0.166. The van der Waals surface area contributed by atoms with Crippen LogP contribution in [-0.4, -0.2) is 40.0 Å². The summed E-state index contributed by atoms with van der Waals surface area (Å²) in [6.07, 6.45) is 1.44. The topological polar surface area (TPSA) is 90.9 Å². The van der Waals surface area contributed by atoms with Gasteiger partial charge in [-0.25, -0.2) is 4.79 Å². The smallest absolute Gasteiger partial charge is 0.338 e. The molecular formula is C25H29NO6S. The first-order chi connectivity index (χ1) is 15.6. The molecule has 0 unspecified atom stereocenters. The lowest BCUT2D eigenvalue weighted by atomic mass is 9.96. The Bertz CT molecular complexity index is 1220. The highest BCUT2D eigenvalue weighted by Gasteiger charge is 2.34. The molecule has 0 aliphatic rings. The normalized spacial score (nSPS) is 13.3. The summed E-state index contributed by atoms with van der Waals surface area (Å²) in [5.41, 5.74) is 1.97. The molecule has 8 heteroatoms. The lowest BCUT2D eigenvalue weighted by Crippen LogP contribution is -2.41. The molecule has 1 N–H and O–H groups in total. The monoisotopic (exact) mass is 471 g/mol. The van der Waals surface area contributed by atoms with Gasteiger partial charge in [0.15, 0.2) is 5.60 Å². The van der Waals surface area contributed by atoms with Gasteiger partial charge in [-0.3, -0.25) is 0 Å². The van der Waals surface area contributed by atoms with Crippen molar-refractivity contribution in [3.63, 3.8) is 0 Å². The number of carbonyl (C=O) groups is 1. The third-order valence-corrected chi connectivity index (χ3v) is 5.77. The minimum atomic E-state index is -3.56. The third-order valence-electron chi connectivity index (χ3n) is 5.27. The van der Waals surface area contributed by atoms with Gasteiger partial charge in [-0.05, 0) is 66.1 Å². The molecule has 0 saturated heterocycles. The van der Waals surface area contributed by atoms with Crippen molar-refractivity contribution in [2.75, 3.05) is 25.3 Å². The van der Waals surface area contributed by atoms with Gasteiger partial charge in [0.05, 0.1) is 12.9 Å². The summed E-state index contributed by atoms with van der Waals surface area (Å²) in [6.45, 7) is 4.43. The molecule has 1 atom stereocenters. The summed E-state index contributed by atoms with van der Waals surface area (Å²) < 4.78 is 38.1. The Kier molecular flexibility index (Phi) is 7.61. The van der Waals surface area contributed by atoms with Gasteiger partial charge in [0.2, 0.25) is 0 Å². The van der Waals surface area contributed by atoms with Gasteiger partial charge < -0.3 is 19.0 Å². The second-order valence-corrected chi connectivity index (χ2v) is 9.59. The van der Waals surface area contributed by atoms with Crippen LogP contribution >= 0.6 is 0 Å². The molecule has 7 nitrogen and oxygen atoms in total. The first-order valence-corrected chi connectivity index (χ1v) is 12.4. The molecule has 0 fully saturated rings. The van der Waals surface area contributed by atoms with Gasteiger partial charge in [-0.2, -0.15) is 8.42 Å². The Hall–Kier alpha value is -3.10. The predicted octanol–water partition coefficient (Wildman–Crippen LogP) is 4.30. The number of anilines is 1. The van der Waals surface area contributed by atoms with Gasteiger partial charge in [0.25, 0.3) is 0 Å². The number of nitrogens with one attached hydrogen (secondary N) is 1. The number of fused-ring (bicyclic) bond motifs is 1. The highest BCUT2D eigenvalue weighted by molar-refractivity contribution is 7.86. The molecule has 0 aliphatic carbocycles. The summed E-state index contributed by atoms with van der Waals surface area (Å²) in [4.78, 5) is 12.2. The number of hydrogen-bond donors (Lipinski definition) is 1. The summed E-state index contributed by atoms with van der Waals surface area (Å²) in [6, 6.07) is 19.0. The average molecular weight is 472 g/mol. The maximum atomic E-state index is 12.2. The fourth-order valence-electron chi connectivity index (χ4n) is 3.46. The summed E-state index contributed by atoms with van der Waals surface area (Å²) in [7, 11) is -2.05. The van der Waals surface area contributed by atoms with E-state index in [1.807, 2.05) is 48.5 Å². The van der Waals surface area contributed by atoms with Gasteiger partial charge in [0.1, 0.15) is 5.75 Å². The molecule has 0 saturated carbocycles. The Labute approximate surface area is 194 Å². The van der Waals surface area contributed by atoms with Crippen molar-refractivity contribution in [2.45, 2.75) is 32.4 Å². The van der Waals surface area contributed by atoms with Crippen LogP contribution < -0.4 is 9.50 Å². The third kappa shape index (κ3) is 6.69. The zero-order valence-electron chi connectivity index (χ0n) is 19.3. The number of rotatable bonds is 10. The average Bonchev–Trinajstić information content (AvgIpc) is 2.77. The van der Waals surface area contributed by atoms with E-state index in [0.717, 1.165) is 33.8 Å². The summed E-state index contributed by atoms with van der Waals surface area (Å²) in [5.74, 6) is -0.0792. The molecular weight excluding hydrogens is 442 g/mol. The van der Waals surface area contributed by atoms with Crippen LogP contribution in [0.3, 0.4) is 0 Å². The van der Waals surface area contributed by atoms with Crippen molar-refractivity contribution in [3.8, 4) is 5.75 Å². The Morgan fingerprint density at radius 1 is 0.970 bits per heavy atom. The first-order valence-electron chi connectivity index (χ1n) is 10.6. The number of hydrogen-bond acceptors (Lipinski definition) is 7. The molecule has 0 aliphatic heterocycles. The maximum Gasteiger partial charge on any atom is 0.338 e. The highest BCUT2D eigenvalue weighted by atomic mass is 32.2. The predicted molar refractivity (Wildman–Crippen MR) is 129 cm³/mol.